The maximum Gasteiger partial charge on any atom is 0.275 e. The van der Waals surface area contributed by atoms with Crippen LogP contribution in [0.2, 0.25) is 0 Å². The van der Waals surface area contributed by atoms with Crippen molar-refractivity contribution < 1.29 is 9.66 Å². The number of nitrogens with one attached hydrogen (secondary N) is 1. The molecule has 0 saturated carbocycles. The van der Waals surface area contributed by atoms with Gasteiger partial charge < -0.3 is 15.0 Å². The van der Waals surface area contributed by atoms with Crippen molar-refractivity contribution in [3.63, 3.8) is 0 Å². The summed E-state index contributed by atoms with van der Waals surface area (Å²) in [4.78, 5) is 12.8. The number of benzene rings is 1. The Morgan fingerprint density at radius 3 is 2.90 bits per heavy atom. The molecule has 1 aliphatic heterocycles. The molecule has 20 heavy (non-hydrogen) atoms. The summed E-state index contributed by atoms with van der Waals surface area (Å²) >= 11 is 0. The number of hydrogen-bond acceptors (Lipinski definition) is 5. The molecule has 110 valence electrons. The molecule has 0 bridgehead atoms. The van der Waals surface area contributed by atoms with Crippen molar-refractivity contribution in [1.82, 2.24) is 5.32 Å². The van der Waals surface area contributed by atoms with Crippen LogP contribution in [0.15, 0.2) is 18.2 Å². The van der Waals surface area contributed by atoms with E-state index in [-0.39, 0.29) is 10.6 Å². The monoisotopic (exact) mass is 279 g/mol. The minimum Gasteiger partial charge on any atom is -0.494 e. The zero-order valence-corrected chi connectivity index (χ0v) is 12.0. The van der Waals surface area contributed by atoms with Crippen LogP contribution in [0.5, 0.6) is 5.75 Å². The molecule has 1 fully saturated rings. The Labute approximate surface area is 118 Å². The van der Waals surface area contributed by atoms with E-state index in [4.69, 9.17) is 4.74 Å². The predicted molar refractivity (Wildman–Crippen MR) is 78.6 cm³/mol. The number of hydrogen-bond donors (Lipinski definition) is 1. The van der Waals surface area contributed by atoms with Crippen molar-refractivity contribution >= 4 is 11.4 Å². The van der Waals surface area contributed by atoms with Gasteiger partial charge in [-0.05, 0) is 26.3 Å². The Balaban J connectivity index is 2.26. The van der Waals surface area contributed by atoms with Gasteiger partial charge in [0.05, 0.1) is 17.6 Å². The summed E-state index contributed by atoms with van der Waals surface area (Å²) in [7, 11) is 1.98. The molecular weight excluding hydrogens is 258 g/mol. The zero-order valence-electron chi connectivity index (χ0n) is 12.0. The van der Waals surface area contributed by atoms with E-state index in [2.05, 4.69) is 10.2 Å². The van der Waals surface area contributed by atoms with Gasteiger partial charge in [0.1, 0.15) is 5.75 Å². The van der Waals surface area contributed by atoms with Gasteiger partial charge in [-0.1, -0.05) is 0 Å². The zero-order chi connectivity index (χ0) is 14.5. The summed E-state index contributed by atoms with van der Waals surface area (Å²) in [6.45, 7) is 4.31. The summed E-state index contributed by atoms with van der Waals surface area (Å²) in [6.07, 6.45) is 2.22. The predicted octanol–water partition coefficient (Wildman–Crippen LogP) is 2.18. The van der Waals surface area contributed by atoms with E-state index in [1.54, 1.807) is 6.07 Å². The molecular formula is C14H21N3O3. The van der Waals surface area contributed by atoms with Gasteiger partial charge in [-0.15, -0.1) is 0 Å². The number of non-ortho nitro benzene ring substituents is 1. The number of piperidine rings is 1. The van der Waals surface area contributed by atoms with Gasteiger partial charge in [-0.25, -0.2) is 0 Å². The average molecular weight is 279 g/mol. The number of rotatable bonds is 5. The highest BCUT2D eigenvalue weighted by Gasteiger charge is 2.20. The minimum absolute atomic E-state index is 0.0709. The summed E-state index contributed by atoms with van der Waals surface area (Å²) in [5.41, 5.74) is 0.901. The highest BCUT2D eigenvalue weighted by molar-refractivity contribution is 5.58. The standard InChI is InChI=1S/C14H21N3O3/c1-3-20-14-8-12(7-13(9-14)17(18)19)16(2)11-5-4-6-15-10-11/h7-9,11,15H,3-6,10H2,1-2H3. The van der Waals surface area contributed by atoms with Gasteiger partial charge in [0.15, 0.2) is 0 Å². The van der Waals surface area contributed by atoms with E-state index in [1.165, 1.54) is 6.07 Å². The molecule has 1 aromatic rings. The van der Waals surface area contributed by atoms with Gasteiger partial charge in [0, 0.05) is 37.5 Å². The van der Waals surface area contributed by atoms with Crippen LogP contribution >= 0.6 is 0 Å². The molecule has 2 rings (SSSR count). The summed E-state index contributed by atoms with van der Waals surface area (Å²) in [5, 5.41) is 14.4. The molecule has 0 aliphatic carbocycles. The molecule has 1 aliphatic rings. The second-order valence-corrected chi connectivity index (χ2v) is 4.99. The lowest BCUT2D eigenvalue weighted by Gasteiger charge is -2.33. The van der Waals surface area contributed by atoms with Crippen molar-refractivity contribution in [2.24, 2.45) is 0 Å². The van der Waals surface area contributed by atoms with Gasteiger partial charge in [0.25, 0.3) is 5.69 Å². The van der Waals surface area contributed by atoms with E-state index in [9.17, 15) is 10.1 Å². The third-order valence-corrected chi connectivity index (χ3v) is 3.62. The summed E-state index contributed by atoms with van der Waals surface area (Å²) in [6, 6.07) is 5.31. The lowest BCUT2D eigenvalue weighted by atomic mass is 10.1. The third-order valence-electron chi connectivity index (χ3n) is 3.62. The fourth-order valence-electron chi connectivity index (χ4n) is 2.50. The number of nitro groups is 1. The van der Waals surface area contributed by atoms with Crippen molar-refractivity contribution in [1.29, 1.82) is 0 Å². The molecule has 1 N–H and O–H groups in total. The Hall–Kier alpha value is -1.82. The fourth-order valence-corrected chi connectivity index (χ4v) is 2.50. The van der Waals surface area contributed by atoms with Crippen LogP contribution in [0.1, 0.15) is 19.8 Å². The van der Waals surface area contributed by atoms with Crippen molar-refractivity contribution in [2.45, 2.75) is 25.8 Å². The number of nitrogens with zero attached hydrogens (tertiary/aromatic N) is 2. The number of ether oxygens (including phenoxy) is 1. The first-order valence-corrected chi connectivity index (χ1v) is 6.97. The molecule has 1 saturated heterocycles. The molecule has 1 aromatic carbocycles. The van der Waals surface area contributed by atoms with E-state index in [1.807, 2.05) is 20.0 Å². The molecule has 1 atom stereocenters. The van der Waals surface area contributed by atoms with Crippen molar-refractivity contribution in [3.05, 3.63) is 28.3 Å². The summed E-state index contributed by atoms with van der Waals surface area (Å²) in [5.74, 6) is 0.548. The number of nitro benzene ring substituents is 1. The van der Waals surface area contributed by atoms with Gasteiger partial charge in [0.2, 0.25) is 0 Å². The maximum absolute atomic E-state index is 11.0. The van der Waals surface area contributed by atoms with Crippen LogP contribution in [0.4, 0.5) is 11.4 Å². The topological polar surface area (TPSA) is 67.6 Å². The molecule has 0 aromatic heterocycles. The molecule has 0 amide bonds. The largest absolute Gasteiger partial charge is 0.494 e. The van der Waals surface area contributed by atoms with E-state index < -0.39 is 0 Å². The minimum atomic E-state index is -0.376. The van der Waals surface area contributed by atoms with E-state index in [0.29, 0.717) is 18.4 Å². The van der Waals surface area contributed by atoms with Crippen LogP contribution in [0, 0.1) is 10.1 Å². The Morgan fingerprint density at radius 1 is 1.50 bits per heavy atom. The first kappa shape index (κ1) is 14.6. The van der Waals surface area contributed by atoms with E-state index in [0.717, 1.165) is 31.6 Å². The second-order valence-electron chi connectivity index (χ2n) is 4.99. The third kappa shape index (κ3) is 3.39. The number of likely N-dealkylation sites (N-methyl/N-ethyl adjacent to an activating group) is 1. The van der Waals surface area contributed by atoms with Gasteiger partial charge in [-0.3, -0.25) is 10.1 Å². The first-order chi connectivity index (χ1) is 9.61. The molecule has 6 heteroatoms. The molecule has 0 radical (unpaired) electrons. The number of anilines is 1. The highest BCUT2D eigenvalue weighted by atomic mass is 16.6. The van der Waals surface area contributed by atoms with Crippen molar-refractivity contribution in [3.8, 4) is 5.75 Å². The fraction of sp³-hybridized carbons (Fsp3) is 0.571. The van der Waals surface area contributed by atoms with Crippen LogP contribution in [0.3, 0.4) is 0 Å². The lowest BCUT2D eigenvalue weighted by molar-refractivity contribution is -0.384. The highest BCUT2D eigenvalue weighted by Crippen LogP contribution is 2.29. The van der Waals surface area contributed by atoms with Crippen molar-refractivity contribution in [2.75, 3.05) is 31.6 Å². The average Bonchev–Trinajstić information content (AvgIpc) is 2.47. The van der Waals surface area contributed by atoms with Crippen LogP contribution in [0.25, 0.3) is 0 Å². The van der Waals surface area contributed by atoms with Gasteiger partial charge in [-0.2, -0.15) is 0 Å². The second kappa shape index (κ2) is 6.56. The normalized spacial score (nSPS) is 18.6. The maximum atomic E-state index is 11.0. The molecule has 1 unspecified atom stereocenters. The van der Waals surface area contributed by atoms with E-state index >= 15 is 0 Å². The first-order valence-electron chi connectivity index (χ1n) is 6.97. The SMILES string of the molecule is CCOc1cc(N(C)C2CCCNC2)cc([N+](=O)[O-])c1. The van der Waals surface area contributed by atoms with Crippen LogP contribution in [-0.2, 0) is 0 Å². The lowest BCUT2D eigenvalue weighted by Crippen LogP contribution is -2.44. The smallest absolute Gasteiger partial charge is 0.275 e. The van der Waals surface area contributed by atoms with Gasteiger partial charge >= 0.3 is 0 Å². The quantitative estimate of drug-likeness (QED) is 0.661. The molecule has 6 nitrogen and oxygen atoms in total. The van der Waals surface area contributed by atoms with Crippen LogP contribution < -0.4 is 15.0 Å². The Kier molecular flexibility index (Phi) is 4.79. The Morgan fingerprint density at radius 2 is 2.30 bits per heavy atom. The summed E-state index contributed by atoms with van der Waals surface area (Å²) < 4.78 is 5.43. The van der Waals surface area contributed by atoms with Crippen LogP contribution in [-0.4, -0.2) is 37.7 Å². The molecule has 1 heterocycles. The Bertz CT molecular complexity index is 473. The molecule has 0 spiro atoms.